The minimum atomic E-state index is -0.0221. The molecule has 1 saturated heterocycles. The van der Waals surface area contributed by atoms with Gasteiger partial charge in [-0.2, -0.15) is 0 Å². The number of rotatable bonds is 3. The van der Waals surface area contributed by atoms with E-state index in [1.54, 1.807) is 0 Å². The molecule has 4 rings (SSSR count). The summed E-state index contributed by atoms with van der Waals surface area (Å²) in [6, 6.07) is 10.2. The SMILES string of the molecule is O=C(NC1CCCCC1)N1CCN(Cc2cc3ccccc3[nH]c2=O)CC1. The Kier molecular flexibility index (Phi) is 5.43. The number of nitrogens with one attached hydrogen (secondary N) is 2. The van der Waals surface area contributed by atoms with Crippen LogP contribution >= 0.6 is 0 Å². The zero-order valence-corrected chi connectivity index (χ0v) is 15.7. The number of hydrogen-bond acceptors (Lipinski definition) is 3. The fourth-order valence-corrected chi connectivity index (χ4v) is 4.17. The molecule has 1 aliphatic heterocycles. The van der Waals surface area contributed by atoms with Crippen LogP contribution in [0.1, 0.15) is 37.7 Å². The number of aromatic amines is 1. The molecule has 1 aromatic heterocycles. The van der Waals surface area contributed by atoms with Crippen molar-refractivity contribution in [3.8, 4) is 0 Å². The summed E-state index contributed by atoms with van der Waals surface area (Å²) in [5.74, 6) is 0. The summed E-state index contributed by atoms with van der Waals surface area (Å²) in [4.78, 5) is 31.9. The minimum absolute atomic E-state index is 0.0221. The maximum atomic E-state index is 12.5. The molecule has 2 heterocycles. The third-order valence-electron chi connectivity index (χ3n) is 5.82. The van der Waals surface area contributed by atoms with Crippen LogP contribution in [0.15, 0.2) is 35.1 Å². The van der Waals surface area contributed by atoms with Gasteiger partial charge < -0.3 is 15.2 Å². The first-order valence-electron chi connectivity index (χ1n) is 10.1. The van der Waals surface area contributed by atoms with Crippen molar-refractivity contribution in [3.63, 3.8) is 0 Å². The number of carbonyl (C=O) groups is 1. The molecule has 144 valence electrons. The second-order valence-electron chi connectivity index (χ2n) is 7.76. The van der Waals surface area contributed by atoms with E-state index in [4.69, 9.17) is 0 Å². The number of aromatic nitrogens is 1. The molecule has 1 saturated carbocycles. The monoisotopic (exact) mass is 368 g/mol. The van der Waals surface area contributed by atoms with Crippen LogP contribution in [-0.2, 0) is 6.54 Å². The number of pyridine rings is 1. The van der Waals surface area contributed by atoms with E-state index >= 15 is 0 Å². The molecular formula is C21H28N4O2. The second kappa shape index (κ2) is 8.13. The number of urea groups is 1. The van der Waals surface area contributed by atoms with E-state index in [2.05, 4.69) is 15.2 Å². The summed E-state index contributed by atoms with van der Waals surface area (Å²) < 4.78 is 0. The van der Waals surface area contributed by atoms with E-state index in [0.29, 0.717) is 25.7 Å². The van der Waals surface area contributed by atoms with Crippen molar-refractivity contribution in [3.05, 3.63) is 46.2 Å². The van der Waals surface area contributed by atoms with Gasteiger partial charge in [0.1, 0.15) is 0 Å². The molecule has 6 nitrogen and oxygen atoms in total. The number of carbonyl (C=O) groups excluding carboxylic acids is 1. The Morgan fingerprint density at radius 3 is 2.59 bits per heavy atom. The fourth-order valence-electron chi connectivity index (χ4n) is 4.17. The van der Waals surface area contributed by atoms with Gasteiger partial charge in [0.25, 0.3) is 5.56 Å². The van der Waals surface area contributed by atoms with Gasteiger partial charge in [0.2, 0.25) is 0 Å². The van der Waals surface area contributed by atoms with Crippen molar-refractivity contribution in [2.24, 2.45) is 0 Å². The number of piperazine rings is 1. The normalized spacial score (nSPS) is 19.3. The standard InChI is InChI=1S/C21H28N4O2/c26-20-17(14-16-6-4-5-9-19(16)23-20)15-24-10-12-25(13-11-24)21(27)22-18-7-2-1-3-8-18/h4-6,9,14,18H,1-3,7-8,10-13,15H2,(H,22,27)(H,23,26). The molecule has 1 aromatic carbocycles. The van der Waals surface area contributed by atoms with Gasteiger partial charge in [-0.25, -0.2) is 4.79 Å². The predicted octanol–water partition coefficient (Wildman–Crippen LogP) is 2.69. The highest BCUT2D eigenvalue weighted by Gasteiger charge is 2.24. The first-order chi connectivity index (χ1) is 13.2. The number of fused-ring (bicyclic) bond motifs is 1. The number of amides is 2. The molecule has 0 bridgehead atoms. The van der Waals surface area contributed by atoms with E-state index in [-0.39, 0.29) is 11.6 Å². The summed E-state index contributed by atoms with van der Waals surface area (Å²) >= 11 is 0. The molecule has 2 fully saturated rings. The Hall–Kier alpha value is -2.34. The average Bonchev–Trinajstić information content (AvgIpc) is 2.70. The molecule has 2 aromatic rings. The van der Waals surface area contributed by atoms with Crippen molar-refractivity contribution in [2.75, 3.05) is 26.2 Å². The molecular weight excluding hydrogens is 340 g/mol. The average molecular weight is 368 g/mol. The summed E-state index contributed by atoms with van der Waals surface area (Å²) in [6.07, 6.45) is 5.95. The molecule has 0 spiro atoms. The Bertz CT molecular complexity index is 849. The third kappa shape index (κ3) is 4.33. The Labute approximate surface area is 159 Å². The lowest BCUT2D eigenvalue weighted by atomic mass is 9.96. The van der Waals surface area contributed by atoms with Gasteiger partial charge in [-0.15, -0.1) is 0 Å². The van der Waals surface area contributed by atoms with E-state index in [1.165, 1.54) is 19.3 Å². The van der Waals surface area contributed by atoms with Crippen molar-refractivity contribution in [2.45, 2.75) is 44.7 Å². The van der Waals surface area contributed by atoms with Crippen LogP contribution in [-0.4, -0.2) is 53.0 Å². The molecule has 2 amide bonds. The van der Waals surface area contributed by atoms with Crippen molar-refractivity contribution >= 4 is 16.9 Å². The Balaban J connectivity index is 1.32. The lowest BCUT2D eigenvalue weighted by molar-refractivity contribution is 0.131. The van der Waals surface area contributed by atoms with Crippen LogP contribution in [0.25, 0.3) is 10.9 Å². The molecule has 2 N–H and O–H groups in total. The van der Waals surface area contributed by atoms with Crippen LogP contribution in [0.4, 0.5) is 4.79 Å². The summed E-state index contributed by atoms with van der Waals surface area (Å²) in [6.45, 7) is 3.64. The highest BCUT2D eigenvalue weighted by atomic mass is 16.2. The first kappa shape index (κ1) is 18.0. The number of H-pyrrole nitrogens is 1. The molecule has 1 aliphatic carbocycles. The maximum Gasteiger partial charge on any atom is 0.317 e. The van der Waals surface area contributed by atoms with Crippen molar-refractivity contribution in [1.29, 1.82) is 0 Å². The molecule has 6 heteroatoms. The molecule has 2 aliphatic rings. The Morgan fingerprint density at radius 2 is 1.81 bits per heavy atom. The highest BCUT2D eigenvalue weighted by Crippen LogP contribution is 2.18. The van der Waals surface area contributed by atoms with Crippen LogP contribution in [0.3, 0.4) is 0 Å². The molecule has 0 atom stereocenters. The van der Waals surface area contributed by atoms with Gasteiger partial charge in [0, 0.05) is 49.8 Å². The number of para-hydroxylation sites is 1. The summed E-state index contributed by atoms with van der Waals surface area (Å²) in [7, 11) is 0. The summed E-state index contributed by atoms with van der Waals surface area (Å²) in [5.41, 5.74) is 1.63. The lowest BCUT2D eigenvalue weighted by Crippen LogP contribution is -2.53. The Morgan fingerprint density at radius 1 is 1.07 bits per heavy atom. The van der Waals surface area contributed by atoms with Crippen molar-refractivity contribution in [1.82, 2.24) is 20.1 Å². The maximum absolute atomic E-state index is 12.5. The molecule has 0 unspecified atom stereocenters. The first-order valence-corrected chi connectivity index (χ1v) is 10.1. The van der Waals surface area contributed by atoms with E-state index in [1.807, 2.05) is 35.2 Å². The van der Waals surface area contributed by atoms with E-state index < -0.39 is 0 Å². The fraction of sp³-hybridized carbons (Fsp3) is 0.524. The van der Waals surface area contributed by atoms with Crippen molar-refractivity contribution < 1.29 is 4.79 Å². The molecule has 27 heavy (non-hydrogen) atoms. The third-order valence-corrected chi connectivity index (χ3v) is 5.82. The summed E-state index contributed by atoms with van der Waals surface area (Å²) in [5, 5.41) is 4.25. The lowest BCUT2D eigenvalue weighted by Gasteiger charge is -2.36. The smallest absolute Gasteiger partial charge is 0.317 e. The van der Waals surface area contributed by atoms with Gasteiger partial charge in [-0.05, 0) is 30.4 Å². The van der Waals surface area contributed by atoms with Crippen LogP contribution < -0.4 is 10.9 Å². The van der Waals surface area contributed by atoms with Crippen LogP contribution in [0.2, 0.25) is 0 Å². The predicted molar refractivity (Wildman–Crippen MR) is 107 cm³/mol. The minimum Gasteiger partial charge on any atom is -0.335 e. The van der Waals surface area contributed by atoms with E-state index in [0.717, 1.165) is 42.4 Å². The van der Waals surface area contributed by atoms with Gasteiger partial charge in [0.05, 0.1) is 0 Å². The highest BCUT2D eigenvalue weighted by molar-refractivity contribution is 5.78. The van der Waals surface area contributed by atoms with Gasteiger partial charge in [0.15, 0.2) is 0 Å². The van der Waals surface area contributed by atoms with Gasteiger partial charge in [-0.3, -0.25) is 9.69 Å². The van der Waals surface area contributed by atoms with Crippen LogP contribution in [0, 0.1) is 0 Å². The van der Waals surface area contributed by atoms with Gasteiger partial charge in [-0.1, -0.05) is 37.5 Å². The van der Waals surface area contributed by atoms with E-state index in [9.17, 15) is 9.59 Å². The number of benzene rings is 1. The largest absolute Gasteiger partial charge is 0.335 e. The zero-order chi connectivity index (χ0) is 18.6. The topological polar surface area (TPSA) is 68.4 Å². The molecule has 0 radical (unpaired) electrons. The van der Waals surface area contributed by atoms with Crippen LogP contribution in [0.5, 0.6) is 0 Å². The second-order valence-corrected chi connectivity index (χ2v) is 7.76. The zero-order valence-electron chi connectivity index (χ0n) is 15.7. The number of hydrogen-bond donors (Lipinski definition) is 2. The van der Waals surface area contributed by atoms with Gasteiger partial charge >= 0.3 is 6.03 Å². The number of nitrogens with zero attached hydrogens (tertiary/aromatic N) is 2. The quantitative estimate of drug-likeness (QED) is 0.875.